The largest absolute Gasteiger partial charge is 0.324 e. The van der Waals surface area contributed by atoms with Crippen LogP contribution in [0, 0.1) is 0 Å². The molecule has 0 aliphatic carbocycles. The predicted octanol–water partition coefficient (Wildman–Crippen LogP) is 1.81. The first-order valence-electron chi connectivity index (χ1n) is 6.45. The summed E-state index contributed by atoms with van der Waals surface area (Å²) in [6.45, 7) is 8.77. The fourth-order valence-electron chi connectivity index (χ4n) is 1.71. The highest BCUT2D eigenvalue weighted by atomic mass is 16.2. The molecule has 0 heterocycles. The van der Waals surface area contributed by atoms with Crippen molar-refractivity contribution < 1.29 is 4.79 Å². The molecule has 0 saturated heterocycles. The second-order valence-corrected chi connectivity index (χ2v) is 4.40. The lowest BCUT2D eigenvalue weighted by molar-refractivity contribution is -0.117. The lowest BCUT2D eigenvalue weighted by atomic mass is 10.1. The molecule has 0 aliphatic rings. The molecule has 0 spiro atoms. The number of nitrogens with zero attached hydrogens (tertiary/aromatic N) is 1. The normalized spacial score (nSPS) is 12.5. The summed E-state index contributed by atoms with van der Waals surface area (Å²) in [5.74, 6) is -0.151. The lowest BCUT2D eigenvalue weighted by Crippen LogP contribution is -2.33. The molecule has 100 valence electrons. The molecule has 1 rings (SSSR count). The number of anilines is 1. The van der Waals surface area contributed by atoms with Crippen LogP contribution < -0.4 is 11.1 Å². The number of nitrogens with one attached hydrogen (secondary N) is 1. The highest BCUT2D eigenvalue weighted by Gasteiger charge is 2.11. The number of amides is 1. The Morgan fingerprint density at radius 2 is 1.94 bits per heavy atom. The van der Waals surface area contributed by atoms with E-state index in [4.69, 9.17) is 5.73 Å². The molecule has 18 heavy (non-hydrogen) atoms. The minimum Gasteiger partial charge on any atom is -0.324 e. The standard InChI is InChI=1S/C14H23N3O/c1-4-17(5-2)10-12-8-6-7-9-13(12)16-14(18)11(3)15/h6-9,11H,4-5,10,15H2,1-3H3,(H,16,18)/t11-/m0/s1. The van der Waals surface area contributed by atoms with Crippen molar-refractivity contribution in [1.29, 1.82) is 0 Å². The minimum absolute atomic E-state index is 0.151. The van der Waals surface area contributed by atoms with E-state index in [1.807, 2.05) is 24.3 Å². The fourth-order valence-corrected chi connectivity index (χ4v) is 1.71. The molecule has 0 aromatic heterocycles. The Hall–Kier alpha value is -1.39. The zero-order valence-electron chi connectivity index (χ0n) is 11.4. The monoisotopic (exact) mass is 249 g/mol. The molecule has 0 radical (unpaired) electrons. The van der Waals surface area contributed by atoms with Gasteiger partial charge in [-0.1, -0.05) is 32.0 Å². The molecule has 1 amide bonds. The van der Waals surface area contributed by atoms with Crippen LogP contribution in [0.25, 0.3) is 0 Å². The molecule has 0 bridgehead atoms. The summed E-state index contributed by atoms with van der Waals surface area (Å²) in [7, 11) is 0. The highest BCUT2D eigenvalue weighted by Crippen LogP contribution is 2.17. The van der Waals surface area contributed by atoms with E-state index < -0.39 is 6.04 Å². The number of hydrogen-bond donors (Lipinski definition) is 2. The number of rotatable bonds is 6. The third kappa shape index (κ3) is 4.13. The molecular formula is C14H23N3O. The van der Waals surface area contributed by atoms with Crippen molar-refractivity contribution in [3.05, 3.63) is 29.8 Å². The zero-order chi connectivity index (χ0) is 13.5. The van der Waals surface area contributed by atoms with Crippen molar-refractivity contribution in [2.75, 3.05) is 18.4 Å². The zero-order valence-corrected chi connectivity index (χ0v) is 11.4. The Kier molecular flexibility index (Phi) is 5.82. The smallest absolute Gasteiger partial charge is 0.241 e. The molecule has 4 nitrogen and oxygen atoms in total. The van der Waals surface area contributed by atoms with Crippen LogP contribution in [0.3, 0.4) is 0 Å². The van der Waals surface area contributed by atoms with Crippen LogP contribution in [0.2, 0.25) is 0 Å². The first-order chi connectivity index (χ1) is 8.58. The number of nitrogens with two attached hydrogens (primary N) is 1. The van der Waals surface area contributed by atoms with E-state index in [-0.39, 0.29) is 5.91 Å². The summed E-state index contributed by atoms with van der Waals surface area (Å²) in [6, 6.07) is 7.36. The number of para-hydroxylation sites is 1. The Morgan fingerprint density at radius 3 is 2.50 bits per heavy atom. The molecule has 4 heteroatoms. The molecule has 1 aromatic carbocycles. The first-order valence-corrected chi connectivity index (χ1v) is 6.45. The maximum atomic E-state index is 11.6. The Balaban J connectivity index is 2.82. The van der Waals surface area contributed by atoms with Gasteiger partial charge < -0.3 is 11.1 Å². The summed E-state index contributed by atoms with van der Waals surface area (Å²) in [6.07, 6.45) is 0. The predicted molar refractivity (Wildman–Crippen MR) is 75.3 cm³/mol. The summed E-state index contributed by atoms with van der Waals surface area (Å²) in [4.78, 5) is 13.9. The van der Waals surface area contributed by atoms with Crippen molar-refractivity contribution in [1.82, 2.24) is 4.90 Å². The Morgan fingerprint density at radius 1 is 1.33 bits per heavy atom. The quantitative estimate of drug-likeness (QED) is 0.808. The third-order valence-electron chi connectivity index (χ3n) is 2.98. The number of benzene rings is 1. The van der Waals surface area contributed by atoms with Gasteiger partial charge in [0.15, 0.2) is 0 Å². The lowest BCUT2D eigenvalue weighted by Gasteiger charge is -2.20. The molecule has 0 saturated carbocycles. The van der Waals surface area contributed by atoms with Crippen LogP contribution in [0.4, 0.5) is 5.69 Å². The van der Waals surface area contributed by atoms with E-state index in [9.17, 15) is 4.79 Å². The average Bonchev–Trinajstić information content (AvgIpc) is 2.37. The molecule has 0 aliphatic heterocycles. The van der Waals surface area contributed by atoms with Gasteiger partial charge in [-0.15, -0.1) is 0 Å². The van der Waals surface area contributed by atoms with Gasteiger partial charge in [0.2, 0.25) is 5.91 Å². The van der Waals surface area contributed by atoms with E-state index >= 15 is 0 Å². The number of carbonyl (C=O) groups is 1. The highest BCUT2D eigenvalue weighted by molar-refractivity contribution is 5.95. The van der Waals surface area contributed by atoms with Crippen molar-refractivity contribution in [3.8, 4) is 0 Å². The number of carbonyl (C=O) groups excluding carboxylic acids is 1. The fraction of sp³-hybridized carbons (Fsp3) is 0.500. The van der Waals surface area contributed by atoms with Crippen LogP contribution in [0.15, 0.2) is 24.3 Å². The van der Waals surface area contributed by atoms with Gasteiger partial charge >= 0.3 is 0 Å². The van der Waals surface area contributed by atoms with Gasteiger partial charge in [0, 0.05) is 12.2 Å². The van der Waals surface area contributed by atoms with E-state index in [0.717, 1.165) is 30.9 Å². The molecule has 3 N–H and O–H groups in total. The summed E-state index contributed by atoms with van der Waals surface area (Å²) in [5, 5.41) is 2.87. The SMILES string of the molecule is CCN(CC)Cc1ccccc1NC(=O)[C@H](C)N. The third-order valence-corrected chi connectivity index (χ3v) is 2.98. The van der Waals surface area contributed by atoms with Crippen LogP contribution in [-0.2, 0) is 11.3 Å². The van der Waals surface area contributed by atoms with Gasteiger partial charge in [-0.25, -0.2) is 0 Å². The second-order valence-electron chi connectivity index (χ2n) is 4.40. The first kappa shape index (κ1) is 14.7. The topological polar surface area (TPSA) is 58.4 Å². The van der Waals surface area contributed by atoms with Crippen molar-refractivity contribution in [3.63, 3.8) is 0 Å². The van der Waals surface area contributed by atoms with Crippen LogP contribution >= 0.6 is 0 Å². The van der Waals surface area contributed by atoms with E-state index in [1.165, 1.54) is 0 Å². The summed E-state index contributed by atoms with van der Waals surface area (Å²) >= 11 is 0. The minimum atomic E-state index is -0.494. The molecule has 1 aromatic rings. The summed E-state index contributed by atoms with van der Waals surface area (Å²) < 4.78 is 0. The Bertz CT molecular complexity index is 386. The second kappa shape index (κ2) is 7.13. The van der Waals surface area contributed by atoms with Gasteiger partial charge in [-0.2, -0.15) is 0 Å². The molecule has 1 atom stereocenters. The van der Waals surface area contributed by atoms with E-state index in [0.29, 0.717) is 0 Å². The van der Waals surface area contributed by atoms with Gasteiger partial charge in [0.1, 0.15) is 0 Å². The molecular weight excluding hydrogens is 226 g/mol. The molecule has 0 unspecified atom stereocenters. The van der Waals surface area contributed by atoms with Gasteiger partial charge in [-0.3, -0.25) is 9.69 Å². The maximum Gasteiger partial charge on any atom is 0.241 e. The van der Waals surface area contributed by atoms with Crippen LogP contribution in [-0.4, -0.2) is 29.9 Å². The van der Waals surface area contributed by atoms with E-state index in [2.05, 4.69) is 24.1 Å². The summed E-state index contributed by atoms with van der Waals surface area (Å²) in [5.41, 5.74) is 7.54. The van der Waals surface area contributed by atoms with Crippen molar-refractivity contribution in [2.24, 2.45) is 5.73 Å². The number of hydrogen-bond acceptors (Lipinski definition) is 3. The van der Waals surface area contributed by atoms with Gasteiger partial charge in [0.05, 0.1) is 6.04 Å². The van der Waals surface area contributed by atoms with Crippen molar-refractivity contribution >= 4 is 11.6 Å². The van der Waals surface area contributed by atoms with Gasteiger partial charge in [-0.05, 0) is 31.6 Å². The Labute approximate surface area is 109 Å². The average molecular weight is 249 g/mol. The van der Waals surface area contributed by atoms with Gasteiger partial charge in [0.25, 0.3) is 0 Å². The van der Waals surface area contributed by atoms with Crippen LogP contribution in [0.5, 0.6) is 0 Å². The van der Waals surface area contributed by atoms with Crippen molar-refractivity contribution in [2.45, 2.75) is 33.4 Å². The molecule has 0 fully saturated rings. The van der Waals surface area contributed by atoms with Crippen LogP contribution in [0.1, 0.15) is 26.3 Å². The maximum absolute atomic E-state index is 11.6. The van der Waals surface area contributed by atoms with E-state index in [1.54, 1.807) is 6.92 Å².